The fraction of sp³-hybridized carbons (Fsp3) is 0.270. The number of carbonyl (C=O) groups excluding carboxylic acids is 1. The summed E-state index contributed by atoms with van der Waals surface area (Å²) in [6.07, 6.45) is 5.48. The quantitative estimate of drug-likeness (QED) is 0.229. The molecule has 1 saturated heterocycles. The maximum atomic E-state index is 13.6. The molecular weight excluding hydrogens is 625 g/mol. The van der Waals surface area contributed by atoms with Crippen molar-refractivity contribution in [1.82, 2.24) is 28.6 Å². The summed E-state index contributed by atoms with van der Waals surface area (Å²) >= 11 is 0. The van der Waals surface area contributed by atoms with Crippen LogP contribution in [0.1, 0.15) is 29.3 Å². The van der Waals surface area contributed by atoms with Gasteiger partial charge in [-0.05, 0) is 61.9 Å². The number of pyridine rings is 2. The lowest BCUT2D eigenvalue weighted by molar-refractivity contribution is -0.139. The summed E-state index contributed by atoms with van der Waals surface area (Å²) in [5.74, 6) is 0.667. The number of amides is 1. The number of hydrogen-bond donors (Lipinski definition) is 0. The largest absolute Gasteiger partial charge is 0.476 e. The van der Waals surface area contributed by atoms with Gasteiger partial charge in [0.25, 0.3) is 10.0 Å². The summed E-state index contributed by atoms with van der Waals surface area (Å²) in [4.78, 5) is 27.8. The van der Waals surface area contributed by atoms with Gasteiger partial charge in [0, 0.05) is 80.5 Å². The molecule has 5 heterocycles. The van der Waals surface area contributed by atoms with Crippen LogP contribution in [0.2, 0.25) is 0 Å². The van der Waals surface area contributed by atoms with Crippen molar-refractivity contribution < 1.29 is 17.9 Å². The molecule has 0 bridgehead atoms. The highest BCUT2D eigenvalue weighted by Crippen LogP contribution is 2.35. The topological polar surface area (TPSA) is 101 Å². The van der Waals surface area contributed by atoms with Crippen LogP contribution < -0.4 is 4.74 Å². The highest BCUT2D eigenvalue weighted by molar-refractivity contribution is 7.90. The third kappa shape index (κ3) is 5.95. The minimum atomic E-state index is -3.74. The lowest BCUT2D eigenvalue weighted by Crippen LogP contribution is -2.55. The number of aromatic nitrogens is 3. The SMILES string of the molecule is Cc1ccc(S(=O)(=O)n2ccc3c2CN(C)C=C3c2ccc3nc(-c4ccc(OCCN5CCN(C)C(=O)[C@H]5C)nc4)ccc3c2)cc1. The Morgan fingerprint density at radius 3 is 2.50 bits per heavy atom. The Hall–Kier alpha value is -5.00. The monoisotopic (exact) mass is 662 g/mol. The molecule has 11 heteroatoms. The standard InChI is InChI=1S/C37H38N6O4S/c1-25-5-10-30(11-6-25)48(45,46)43-16-15-31-32(23-40(3)24-35(31)43)27-7-12-33-28(21-27)8-13-34(39-33)29-9-14-36(38-22-29)47-20-19-42-18-17-41(4)37(44)26(42)2/h5-16,21-23,26H,17-20,24H2,1-4H3/t26-/m1/s1. The fourth-order valence-corrected chi connectivity index (χ4v) is 7.77. The van der Waals surface area contributed by atoms with Crippen molar-refractivity contribution in [2.75, 3.05) is 40.3 Å². The van der Waals surface area contributed by atoms with Crippen LogP contribution in [0, 0.1) is 6.92 Å². The van der Waals surface area contributed by atoms with Crippen molar-refractivity contribution in [3.05, 3.63) is 114 Å². The van der Waals surface area contributed by atoms with E-state index in [0.29, 0.717) is 25.6 Å². The Balaban J connectivity index is 1.07. The molecule has 2 aromatic carbocycles. The predicted molar refractivity (Wildman–Crippen MR) is 186 cm³/mol. The van der Waals surface area contributed by atoms with Gasteiger partial charge >= 0.3 is 0 Å². The molecule has 10 nitrogen and oxygen atoms in total. The highest BCUT2D eigenvalue weighted by atomic mass is 32.2. The van der Waals surface area contributed by atoms with Crippen molar-refractivity contribution in [2.24, 2.45) is 0 Å². The first-order valence-electron chi connectivity index (χ1n) is 16.0. The summed E-state index contributed by atoms with van der Waals surface area (Å²) in [6, 6.07) is 22.6. The van der Waals surface area contributed by atoms with E-state index in [4.69, 9.17) is 9.72 Å². The summed E-state index contributed by atoms with van der Waals surface area (Å²) in [7, 11) is 0.0513. The predicted octanol–water partition coefficient (Wildman–Crippen LogP) is 5.02. The van der Waals surface area contributed by atoms with E-state index in [1.54, 1.807) is 29.4 Å². The molecule has 2 aliphatic heterocycles. The van der Waals surface area contributed by atoms with E-state index in [2.05, 4.69) is 22.2 Å². The lowest BCUT2D eigenvalue weighted by Gasteiger charge is -2.37. The minimum absolute atomic E-state index is 0.137. The first-order valence-corrected chi connectivity index (χ1v) is 17.5. The fourth-order valence-electron chi connectivity index (χ4n) is 6.40. The molecule has 1 fully saturated rings. The van der Waals surface area contributed by atoms with Crippen LogP contribution in [-0.4, -0.2) is 89.3 Å². The Labute approximate surface area is 281 Å². The second-order valence-electron chi connectivity index (χ2n) is 12.6. The molecule has 0 unspecified atom stereocenters. The number of aryl methyl sites for hydroxylation is 1. The van der Waals surface area contributed by atoms with E-state index in [9.17, 15) is 13.2 Å². The Kier molecular flexibility index (Phi) is 8.26. The van der Waals surface area contributed by atoms with E-state index >= 15 is 0 Å². The second-order valence-corrected chi connectivity index (χ2v) is 14.4. The molecule has 48 heavy (non-hydrogen) atoms. The van der Waals surface area contributed by atoms with Crippen molar-refractivity contribution in [3.63, 3.8) is 0 Å². The van der Waals surface area contributed by atoms with Crippen molar-refractivity contribution in [3.8, 4) is 17.1 Å². The molecule has 0 saturated carbocycles. The number of benzene rings is 2. The van der Waals surface area contributed by atoms with E-state index in [1.165, 1.54) is 3.97 Å². The zero-order valence-electron chi connectivity index (χ0n) is 27.5. The van der Waals surface area contributed by atoms with Crippen LogP contribution >= 0.6 is 0 Å². The van der Waals surface area contributed by atoms with E-state index in [1.807, 2.05) is 87.4 Å². The lowest BCUT2D eigenvalue weighted by atomic mass is 9.95. The van der Waals surface area contributed by atoms with Gasteiger partial charge < -0.3 is 14.5 Å². The highest BCUT2D eigenvalue weighted by Gasteiger charge is 2.29. The summed E-state index contributed by atoms with van der Waals surface area (Å²) < 4.78 is 34.5. The average molecular weight is 663 g/mol. The molecular formula is C37H38N6O4S. The number of likely N-dealkylation sites (N-methyl/N-ethyl adjacent to an activating group) is 1. The molecule has 5 aromatic rings. The van der Waals surface area contributed by atoms with E-state index in [0.717, 1.165) is 63.2 Å². The molecule has 1 amide bonds. The third-order valence-electron chi connectivity index (χ3n) is 9.23. The van der Waals surface area contributed by atoms with Crippen LogP contribution in [0.5, 0.6) is 5.88 Å². The number of nitrogens with zero attached hydrogens (tertiary/aromatic N) is 6. The van der Waals surface area contributed by atoms with Crippen LogP contribution in [0.4, 0.5) is 0 Å². The van der Waals surface area contributed by atoms with Crippen LogP contribution in [0.15, 0.2) is 96.3 Å². The number of fused-ring (bicyclic) bond motifs is 2. The Morgan fingerprint density at radius 1 is 0.938 bits per heavy atom. The Bertz CT molecular complexity index is 2140. The van der Waals surface area contributed by atoms with Gasteiger partial charge in [0.05, 0.1) is 34.4 Å². The van der Waals surface area contributed by atoms with Crippen LogP contribution in [0.3, 0.4) is 0 Å². The van der Waals surface area contributed by atoms with Gasteiger partial charge in [0.1, 0.15) is 6.61 Å². The van der Waals surface area contributed by atoms with Crippen molar-refractivity contribution >= 4 is 32.4 Å². The number of hydrogen-bond acceptors (Lipinski definition) is 8. The molecule has 7 rings (SSSR count). The first-order chi connectivity index (χ1) is 23.1. The maximum Gasteiger partial charge on any atom is 0.267 e. The van der Waals surface area contributed by atoms with E-state index in [-0.39, 0.29) is 16.8 Å². The normalized spacial score (nSPS) is 17.0. The molecule has 2 aliphatic rings. The Morgan fingerprint density at radius 2 is 1.73 bits per heavy atom. The zero-order valence-corrected chi connectivity index (χ0v) is 28.3. The van der Waals surface area contributed by atoms with Crippen LogP contribution in [0.25, 0.3) is 27.7 Å². The average Bonchev–Trinajstić information content (AvgIpc) is 3.53. The van der Waals surface area contributed by atoms with Crippen molar-refractivity contribution in [1.29, 1.82) is 0 Å². The number of carbonyl (C=O) groups is 1. The summed E-state index contributed by atoms with van der Waals surface area (Å²) in [5.41, 5.74) is 7.09. The molecule has 1 atom stereocenters. The molecule has 0 aliphatic carbocycles. The van der Waals surface area contributed by atoms with Gasteiger partial charge in [-0.1, -0.05) is 29.8 Å². The molecule has 0 N–H and O–H groups in total. The summed E-state index contributed by atoms with van der Waals surface area (Å²) in [6.45, 7) is 7.01. The number of rotatable bonds is 8. The second kappa shape index (κ2) is 12.6. The molecule has 0 spiro atoms. The molecule has 246 valence electrons. The third-order valence-corrected chi connectivity index (χ3v) is 11.0. The van der Waals surface area contributed by atoms with Crippen LogP contribution in [-0.2, 0) is 21.4 Å². The van der Waals surface area contributed by atoms with Gasteiger partial charge in [-0.3, -0.25) is 9.69 Å². The van der Waals surface area contributed by atoms with Crippen molar-refractivity contribution in [2.45, 2.75) is 31.3 Å². The zero-order chi connectivity index (χ0) is 33.6. The molecule has 3 aromatic heterocycles. The van der Waals surface area contributed by atoms with Gasteiger partial charge in [-0.15, -0.1) is 0 Å². The maximum absolute atomic E-state index is 13.6. The van der Waals surface area contributed by atoms with Gasteiger partial charge in [-0.25, -0.2) is 22.4 Å². The minimum Gasteiger partial charge on any atom is -0.476 e. The molecule has 0 radical (unpaired) electrons. The number of piperazine rings is 1. The van der Waals surface area contributed by atoms with Gasteiger partial charge in [0.15, 0.2) is 0 Å². The van der Waals surface area contributed by atoms with Gasteiger partial charge in [0.2, 0.25) is 11.8 Å². The smallest absolute Gasteiger partial charge is 0.267 e. The van der Waals surface area contributed by atoms with E-state index < -0.39 is 10.0 Å². The summed E-state index contributed by atoms with van der Waals surface area (Å²) in [5, 5.41) is 0.975. The number of ether oxygens (including phenoxy) is 1. The van der Waals surface area contributed by atoms with Gasteiger partial charge in [-0.2, -0.15) is 0 Å². The first kappa shape index (κ1) is 31.6.